The Kier molecular flexibility index (Phi) is 5.72. The highest BCUT2D eigenvalue weighted by molar-refractivity contribution is 7.15. The van der Waals surface area contributed by atoms with Crippen LogP contribution in [0.5, 0.6) is 0 Å². The molecule has 0 radical (unpaired) electrons. The molecule has 0 fully saturated rings. The Morgan fingerprint density at radius 1 is 0.575 bits per heavy atom. The summed E-state index contributed by atoms with van der Waals surface area (Å²) in [6, 6.07) is 23.4. The van der Waals surface area contributed by atoms with E-state index in [1.165, 1.54) is 31.7 Å². The summed E-state index contributed by atoms with van der Waals surface area (Å²) in [5.41, 5.74) is 5.40. The van der Waals surface area contributed by atoms with Crippen molar-refractivity contribution >= 4 is 44.7 Å². The normalized spacial score (nSPS) is 12.8. The number of aryl methyl sites for hydroxylation is 2. The monoisotopic (exact) mass is 560 g/mol. The lowest BCUT2D eigenvalue weighted by Crippen LogP contribution is -2.23. The Morgan fingerprint density at radius 2 is 0.950 bits per heavy atom. The summed E-state index contributed by atoms with van der Waals surface area (Å²) in [4.78, 5) is 36.1. The van der Waals surface area contributed by atoms with E-state index in [0.717, 1.165) is 33.4 Å². The van der Waals surface area contributed by atoms with Crippen LogP contribution in [0.2, 0.25) is 0 Å². The molecule has 0 bridgehead atoms. The first-order valence-corrected chi connectivity index (χ1v) is 14.1. The molecule has 0 aliphatic rings. The molecule has 0 amide bonds. The van der Waals surface area contributed by atoms with Gasteiger partial charge in [0.1, 0.15) is 0 Å². The van der Waals surface area contributed by atoms with E-state index in [9.17, 15) is 9.59 Å². The van der Waals surface area contributed by atoms with Crippen LogP contribution in [0.1, 0.15) is 22.3 Å². The number of nitrogens with zero attached hydrogens (tertiary/aromatic N) is 6. The van der Waals surface area contributed by atoms with E-state index in [0.29, 0.717) is 30.6 Å². The highest BCUT2D eigenvalue weighted by Crippen LogP contribution is 2.22. The summed E-state index contributed by atoms with van der Waals surface area (Å²) in [6.07, 6.45) is 3.72. The van der Waals surface area contributed by atoms with Crippen molar-refractivity contribution in [2.45, 2.75) is 13.8 Å². The highest BCUT2D eigenvalue weighted by atomic mass is 32.1. The molecule has 8 nitrogen and oxygen atoms in total. The zero-order chi connectivity index (χ0) is 27.4. The number of hydrogen-bond donors (Lipinski definition) is 0. The molecule has 0 N–H and O–H groups in total. The van der Waals surface area contributed by atoms with Gasteiger partial charge in [0.2, 0.25) is 9.92 Å². The molecule has 0 aliphatic carbocycles. The summed E-state index contributed by atoms with van der Waals surface area (Å²) < 4.78 is 3.87. The molecule has 0 unspecified atom stereocenters. The van der Waals surface area contributed by atoms with E-state index in [-0.39, 0.29) is 11.1 Å². The Morgan fingerprint density at radius 3 is 1.30 bits per heavy atom. The third-order valence-electron chi connectivity index (χ3n) is 6.52. The lowest BCUT2D eigenvalue weighted by Gasteiger charge is -1.97. The van der Waals surface area contributed by atoms with Crippen molar-refractivity contribution in [2.24, 2.45) is 0 Å². The van der Waals surface area contributed by atoms with Crippen molar-refractivity contribution in [1.82, 2.24) is 29.2 Å². The molecular weight excluding hydrogens is 541 g/mol. The van der Waals surface area contributed by atoms with E-state index in [2.05, 4.69) is 20.2 Å². The second kappa shape index (κ2) is 9.44. The van der Waals surface area contributed by atoms with Gasteiger partial charge in [-0.3, -0.25) is 9.59 Å². The molecule has 7 aromatic rings. The van der Waals surface area contributed by atoms with Gasteiger partial charge in [-0.2, -0.15) is 19.0 Å². The molecular formula is C30H20N6O2S2. The van der Waals surface area contributed by atoms with Crippen molar-refractivity contribution in [1.29, 1.82) is 0 Å². The highest BCUT2D eigenvalue weighted by Gasteiger charge is 2.15. The molecule has 10 heteroatoms. The number of rotatable bonds is 4. The van der Waals surface area contributed by atoms with Gasteiger partial charge < -0.3 is 0 Å². The Bertz CT molecular complexity index is 2100. The van der Waals surface area contributed by atoms with Crippen molar-refractivity contribution in [2.75, 3.05) is 0 Å². The second-order valence-corrected chi connectivity index (χ2v) is 11.5. The third kappa shape index (κ3) is 4.33. The van der Waals surface area contributed by atoms with Crippen molar-refractivity contribution in [3.05, 3.63) is 125 Å². The molecule has 0 atom stereocenters. The Balaban J connectivity index is 1.16. The molecule has 0 saturated heterocycles. The molecule has 0 spiro atoms. The quantitative estimate of drug-likeness (QED) is 0.326. The van der Waals surface area contributed by atoms with Gasteiger partial charge in [-0.1, -0.05) is 107 Å². The molecule has 194 valence electrons. The largest absolute Gasteiger partial charge is 0.291 e. The standard InChI is InChI=1S/C30H20N6O2S2/c1-17-3-7-19(8-4-17)15-23-27(37)35-29(39-23)31-25(33-35)21-11-13-22(14-12-21)26-32-30-36(34-26)28(38)24(40-30)16-20-9-5-18(2)6-10-20/h3-16H,1-2H3/b23-15+,24-16+. The summed E-state index contributed by atoms with van der Waals surface area (Å²) in [7, 11) is 0. The SMILES string of the molecule is Cc1ccc(/C=c2/sc3nc(-c4ccc(-c5nc6s/c(=C/c7ccc(C)cc7)c(=O)n6n5)cc4)nn3c2=O)cc1. The zero-order valence-electron chi connectivity index (χ0n) is 21.4. The molecule has 4 aromatic heterocycles. The minimum absolute atomic E-state index is 0.189. The summed E-state index contributed by atoms with van der Waals surface area (Å²) in [6.45, 7) is 4.05. The van der Waals surface area contributed by atoms with Gasteiger partial charge in [-0.25, -0.2) is 0 Å². The average Bonchev–Trinajstić information content (AvgIpc) is 3.70. The Labute approximate surface area is 234 Å². The number of hydrogen-bond acceptors (Lipinski definition) is 8. The van der Waals surface area contributed by atoms with Crippen molar-refractivity contribution < 1.29 is 0 Å². The van der Waals surface area contributed by atoms with Crippen LogP contribution in [0, 0.1) is 13.8 Å². The van der Waals surface area contributed by atoms with Crippen molar-refractivity contribution in [3.63, 3.8) is 0 Å². The summed E-state index contributed by atoms with van der Waals surface area (Å²) >= 11 is 2.63. The fraction of sp³-hybridized carbons (Fsp3) is 0.0667. The van der Waals surface area contributed by atoms with E-state index in [1.54, 1.807) is 0 Å². The fourth-order valence-corrected chi connectivity index (χ4v) is 6.12. The zero-order valence-corrected chi connectivity index (χ0v) is 23.0. The maximum absolute atomic E-state index is 12.9. The predicted octanol–water partition coefficient (Wildman–Crippen LogP) is 3.66. The smallest absolute Gasteiger partial charge is 0.266 e. The first-order chi connectivity index (χ1) is 19.4. The second-order valence-electron chi connectivity index (χ2n) is 9.49. The van der Waals surface area contributed by atoms with Crippen LogP contribution in [0.4, 0.5) is 0 Å². The van der Waals surface area contributed by atoms with Gasteiger partial charge in [-0.05, 0) is 37.1 Å². The number of fused-ring (bicyclic) bond motifs is 2. The van der Waals surface area contributed by atoms with Gasteiger partial charge in [-0.15, -0.1) is 10.2 Å². The van der Waals surface area contributed by atoms with Crippen LogP contribution in [-0.4, -0.2) is 29.2 Å². The van der Waals surface area contributed by atoms with Crippen LogP contribution in [0.25, 0.3) is 44.8 Å². The van der Waals surface area contributed by atoms with Crippen LogP contribution >= 0.6 is 22.7 Å². The molecule has 7 rings (SSSR count). The molecule has 0 aliphatic heterocycles. The maximum atomic E-state index is 12.9. The summed E-state index contributed by atoms with van der Waals surface area (Å²) in [5, 5.41) is 8.91. The lowest BCUT2D eigenvalue weighted by molar-refractivity contribution is 0.935. The molecule has 0 saturated carbocycles. The number of benzene rings is 3. The van der Waals surface area contributed by atoms with Gasteiger partial charge in [0.05, 0.1) is 9.06 Å². The average molecular weight is 561 g/mol. The fourth-order valence-electron chi connectivity index (χ4n) is 4.31. The molecule has 4 heterocycles. The van der Waals surface area contributed by atoms with Gasteiger partial charge in [0.15, 0.2) is 11.6 Å². The first-order valence-electron chi connectivity index (χ1n) is 12.5. The Hall–Kier alpha value is -4.80. The van der Waals surface area contributed by atoms with Gasteiger partial charge >= 0.3 is 0 Å². The van der Waals surface area contributed by atoms with Gasteiger partial charge in [0.25, 0.3) is 11.1 Å². The minimum Gasteiger partial charge on any atom is -0.266 e. The third-order valence-corrected chi connectivity index (χ3v) is 8.43. The van der Waals surface area contributed by atoms with Crippen LogP contribution in [-0.2, 0) is 0 Å². The van der Waals surface area contributed by atoms with E-state index < -0.39 is 0 Å². The summed E-state index contributed by atoms with van der Waals surface area (Å²) in [5.74, 6) is 0.933. The maximum Gasteiger partial charge on any atom is 0.291 e. The van der Waals surface area contributed by atoms with Crippen LogP contribution in [0.3, 0.4) is 0 Å². The van der Waals surface area contributed by atoms with E-state index in [1.807, 2.05) is 98.8 Å². The van der Waals surface area contributed by atoms with Crippen molar-refractivity contribution in [3.8, 4) is 22.8 Å². The molecule has 3 aromatic carbocycles. The lowest BCUT2D eigenvalue weighted by atomic mass is 10.1. The predicted molar refractivity (Wildman–Crippen MR) is 159 cm³/mol. The van der Waals surface area contributed by atoms with Gasteiger partial charge in [0, 0.05) is 11.1 Å². The van der Waals surface area contributed by atoms with Crippen LogP contribution < -0.4 is 20.2 Å². The first kappa shape index (κ1) is 24.3. The van der Waals surface area contributed by atoms with Crippen LogP contribution in [0.15, 0.2) is 82.4 Å². The number of thiazole rings is 2. The van der Waals surface area contributed by atoms with E-state index >= 15 is 0 Å². The minimum atomic E-state index is -0.189. The van der Waals surface area contributed by atoms with E-state index in [4.69, 9.17) is 0 Å². The number of aromatic nitrogens is 6. The molecule has 40 heavy (non-hydrogen) atoms. The topological polar surface area (TPSA) is 94.5 Å².